The zero-order valence-corrected chi connectivity index (χ0v) is 20.8. The first-order valence-corrected chi connectivity index (χ1v) is 8.63. The fraction of sp³-hybridized carbons (Fsp3) is 1.00. The molecule has 0 aromatic rings. The normalized spacial score (nSPS) is 27.8. The predicted octanol–water partition coefficient (Wildman–Crippen LogP) is -0.366. The van der Waals surface area contributed by atoms with Crippen LogP contribution in [0.1, 0.15) is 62.3 Å². The molecular formula is C17H41KO5. The van der Waals surface area contributed by atoms with E-state index in [-0.39, 0.29) is 63.6 Å². The van der Waals surface area contributed by atoms with Crippen LogP contribution in [-0.4, -0.2) is 56.5 Å². The molecule has 1 rings (SSSR count). The number of hydrogen-bond donors (Lipinski definition) is 1. The Morgan fingerprint density at radius 2 is 1.22 bits per heavy atom. The number of rotatable bonds is 3. The van der Waals surface area contributed by atoms with E-state index in [1.807, 2.05) is 55.4 Å². The largest absolute Gasteiger partial charge is 1.00 e. The van der Waals surface area contributed by atoms with E-state index in [9.17, 15) is 10.2 Å². The minimum atomic E-state index is -0.918. The van der Waals surface area contributed by atoms with Crippen molar-refractivity contribution in [1.82, 2.24) is 0 Å². The van der Waals surface area contributed by atoms with Gasteiger partial charge in [0.2, 0.25) is 0 Å². The number of aliphatic hydroxyl groups is 1. The molecule has 0 saturated carbocycles. The van der Waals surface area contributed by atoms with E-state index in [4.69, 9.17) is 14.2 Å². The molecule has 0 aromatic heterocycles. The quantitative estimate of drug-likeness (QED) is 0.692. The molecule has 0 aromatic carbocycles. The van der Waals surface area contributed by atoms with Gasteiger partial charge >= 0.3 is 51.4 Å². The number of hydrogen-bond acceptors (Lipinski definition) is 5. The molecule has 1 fully saturated rings. The minimum Gasteiger partial charge on any atom is -0.853 e. The van der Waals surface area contributed by atoms with Crippen LogP contribution in [0.4, 0.5) is 0 Å². The predicted molar refractivity (Wildman–Crippen MR) is 92.2 cm³/mol. The first-order valence-electron chi connectivity index (χ1n) is 8.63. The van der Waals surface area contributed by atoms with Crippen LogP contribution in [0.2, 0.25) is 0 Å². The summed E-state index contributed by atoms with van der Waals surface area (Å²) in [5, 5.41) is 20.4. The molecule has 0 spiro atoms. The second kappa shape index (κ2) is 28.2. The van der Waals surface area contributed by atoms with E-state index in [1.165, 1.54) is 14.2 Å². The summed E-state index contributed by atoms with van der Waals surface area (Å²) in [7, 11) is 3.01. The first-order chi connectivity index (χ1) is 10.7. The van der Waals surface area contributed by atoms with Crippen molar-refractivity contribution < 1.29 is 75.8 Å². The number of ether oxygens (including phenoxy) is 3. The second-order valence-electron chi connectivity index (χ2n) is 3.44. The van der Waals surface area contributed by atoms with Gasteiger partial charge in [0.25, 0.3) is 0 Å². The molecule has 1 N–H and O–H groups in total. The SMILES string of the molecule is CC.CC.CC.CC.COC1C(C)OC(C[O-])C(O)C1OC.[K+]. The third kappa shape index (κ3) is 14.3. The Kier molecular flexibility index (Phi) is 43.6. The molecular weight excluding hydrogens is 323 g/mol. The molecule has 0 amide bonds. The number of methoxy groups -OCH3 is 2. The van der Waals surface area contributed by atoms with Gasteiger partial charge in [-0.1, -0.05) is 55.4 Å². The van der Waals surface area contributed by atoms with Gasteiger partial charge in [-0.15, -0.1) is 6.61 Å². The fourth-order valence-electron chi connectivity index (χ4n) is 1.84. The van der Waals surface area contributed by atoms with Crippen LogP contribution >= 0.6 is 0 Å². The molecule has 23 heavy (non-hydrogen) atoms. The van der Waals surface area contributed by atoms with E-state index in [0.717, 1.165) is 0 Å². The van der Waals surface area contributed by atoms with Crippen LogP contribution in [0, 0.1) is 0 Å². The summed E-state index contributed by atoms with van der Waals surface area (Å²) in [6.07, 6.45) is -2.70. The maximum Gasteiger partial charge on any atom is 1.00 e. The monoisotopic (exact) mass is 364 g/mol. The van der Waals surface area contributed by atoms with Gasteiger partial charge in [-0.25, -0.2) is 0 Å². The molecule has 6 heteroatoms. The minimum absolute atomic E-state index is 0. The van der Waals surface area contributed by atoms with Gasteiger partial charge in [0.15, 0.2) is 0 Å². The zero-order valence-electron chi connectivity index (χ0n) is 17.7. The van der Waals surface area contributed by atoms with Crippen molar-refractivity contribution in [3.05, 3.63) is 0 Å². The topological polar surface area (TPSA) is 71.0 Å². The molecule has 0 radical (unpaired) electrons. The summed E-state index contributed by atoms with van der Waals surface area (Å²) < 4.78 is 15.6. The van der Waals surface area contributed by atoms with Crippen molar-refractivity contribution >= 4 is 0 Å². The summed E-state index contributed by atoms with van der Waals surface area (Å²) in [4.78, 5) is 0. The molecule has 1 aliphatic rings. The van der Waals surface area contributed by atoms with Crippen LogP contribution in [0.15, 0.2) is 0 Å². The molecule has 5 unspecified atom stereocenters. The van der Waals surface area contributed by atoms with Crippen LogP contribution < -0.4 is 56.5 Å². The van der Waals surface area contributed by atoms with Gasteiger partial charge in [-0.05, 0) is 6.92 Å². The van der Waals surface area contributed by atoms with E-state index in [2.05, 4.69) is 0 Å². The third-order valence-corrected chi connectivity index (χ3v) is 2.60. The van der Waals surface area contributed by atoms with E-state index in [1.54, 1.807) is 6.92 Å². The summed E-state index contributed by atoms with van der Waals surface area (Å²) in [6.45, 7) is 17.3. The Morgan fingerprint density at radius 1 is 0.870 bits per heavy atom. The third-order valence-electron chi connectivity index (χ3n) is 2.60. The summed E-state index contributed by atoms with van der Waals surface area (Å²) in [6, 6.07) is 0. The maximum absolute atomic E-state index is 10.7. The van der Waals surface area contributed by atoms with Crippen molar-refractivity contribution in [2.24, 2.45) is 0 Å². The van der Waals surface area contributed by atoms with Crippen LogP contribution in [-0.2, 0) is 14.2 Å². The Hall–Kier alpha value is 1.44. The van der Waals surface area contributed by atoms with Gasteiger partial charge in [0, 0.05) is 14.2 Å². The zero-order chi connectivity index (χ0) is 18.7. The molecule has 140 valence electrons. The van der Waals surface area contributed by atoms with E-state index in [0.29, 0.717) is 0 Å². The molecule has 0 bridgehead atoms. The molecule has 1 heterocycles. The van der Waals surface area contributed by atoms with E-state index >= 15 is 0 Å². The molecule has 5 atom stereocenters. The first kappa shape index (κ1) is 35.5. The molecule has 1 aliphatic heterocycles. The molecule has 0 aliphatic carbocycles. The van der Waals surface area contributed by atoms with Crippen molar-refractivity contribution in [1.29, 1.82) is 0 Å². The van der Waals surface area contributed by atoms with Crippen LogP contribution in [0.25, 0.3) is 0 Å². The van der Waals surface area contributed by atoms with Crippen molar-refractivity contribution in [2.45, 2.75) is 92.8 Å². The second-order valence-corrected chi connectivity index (χ2v) is 3.44. The summed E-state index contributed by atoms with van der Waals surface area (Å²) >= 11 is 0. The number of aliphatic hydroxyl groups excluding tert-OH is 1. The average Bonchev–Trinajstić information content (AvgIpc) is 2.63. The molecule has 1 saturated heterocycles. The standard InChI is InChI=1S/C9H17O5.4C2H6.K/c1-5-8(12-2)9(13-3)7(11)6(4-10)14-5;4*1-2;/h5-9,11H,4H2,1-3H3;4*1-2H3;/q-1;;;;;+1. The summed E-state index contributed by atoms with van der Waals surface area (Å²) in [5.74, 6) is 0. The average molecular weight is 365 g/mol. The Bertz CT molecular complexity index is 184. The fourth-order valence-corrected chi connectivity index (χ4v) is 1.84. The maximum atomic E-state index is 10.7. The van der Waals surface area contributed by atoms with Gasteiger partial charge in [0.05, 0.1) is 12.2 Å². The van der Waals surface area contributed by atoms with Gasteiger partial charge in [-0.2, -0.15) is 0 Å². The van der Waals surface area contributed by atoms with Gasteiger partial charge < -0.3 is 24.4 Å². The van der Waals surface area contributed by atoms with Crippen molar-refractivity contribution in [2.75, 3.05) is 20.8 Å². The smallest absolute Gasteiger partial charge is 0.853 e. The van der Waals surface area contributed by atoms with E-state index < -0.39 is 24.9 Å². The van der Waals surface area contributed by atoms with Crippen LogP contribution in [0.5, 0.6) is 0 Å². The van der Waals surface area contributed by atoms with Crippen molar-refractivity contribution in [3.63, 3.8) is 0 Å². The summed E-state index contributed by atoms with van der Waals surface area (Å²) in [5.41, 5.74) is 0. The van der Waals surface area contributed by atoms with Gasteiger partial charge in [-0.3, -0.25) is 0 Å². The van der Waals surface area contributed by atoms with Crippen molar-refractivity contribution in [3.8, 4) is 0 Å². The Balaban J connectivity index is -0.000000105. The van der Waals surface area contributed by atoms with Gasteiger partial charge in [0.1, 0.15) is 18.3 Å². The van der Waals surface area contributed by atoms with Crippen LogP contribution in [0.3, 0.4) is 0 Å². The Morgan fingerprint density at radius 3 is 1.48 bits per heavy atom. The molecule has 5 nitrogen and oxygen atoms in total. The Labute approximate surface area is 187 Å².